The van der Waals surface area contributed by atoms with Crippen molar-refractivity contribution >= 4 is 5.96 Å². The second-order valence-electron chi connectivity index (χ2n) is 10.3. The second-order valence-corrected chi connectivity index (χ2v) is 10.3. The Hall–Kier alpha value is -4.03. The summed E-state index contributed by atoms with van der Waals surface area (Å²) in [7, 11) is 0. The van der Waals surface area contributed by atoms with Gasteiger partial charge in [0.1, 0.15) is 0 Å². The maximum absolute atomic E-state index is 5.57. The van der Waals surface area contributed by atoms with Gasteiger partial charge in [-0.3, -0.25) is 9.89 Å². The van der Waals surface area contributed by atoms with Gasteiger partial charge in [0.15, 0.2) is 5.96 Å². The zero-order valence-corrected chi connectivity index (χ0v) is 25.5. The number of benzene rings is 1. The molecule has 0 fully saturated rings. The second kappa shape index (κ2) is 17.6. The number of allylic oxidation sites excluding steroid dienone is 5. The molecular formula is C35H50N6. The maximum atomic E-state index is 5.57. The highest BCUT2D eigenvalue weighted by Gasteiger charge is 2.30. The van der Waals surface area contributed by atoms with Gasteiger partial charge in [0, 0.05) is 37.6 Å². The van der Waals surface area contributed by atoms with Crippen LogP contribution in [0.1, 0.15) is 44.7 Å². The van der Waals surface area contributed by atoms with E-state index in [0.717, 1.165) is 42.9 Å². The third-order valence-electron chi connectivity index (χ3n) is 6.94. The molecule has 2 unspecified atom stereocenters. The lowest BCUT2D eigenvalue weighted by Gasteiger charge is -2.34. The summed E-state index contributed by atoms with van der Waals surface area (Å²) in [5.74, 6) is 0.108. The van der Waals surface area contributed by atoms with Gasteiger partial charge in [0.05, 0.1) is 12.1 Å². The summed E-state index contributed by atoms with van der Waals surface area (Å²) in [6, 6.07) is 8.39. The Bertz CT molecular complexity index is 1180. The average molecular weight is 555 g/mol. The zero-order valence-electron chi connectivity index (χ0n) is 25.5. The summed E-state index contributed by atoms with van der Waals surface area (Å²) < 4.78 is 0. The summed E-state index contributed by atoms with van der Waals surface area (Å²) in [6.07, 6.45) is 18.3. The molecule has 0 radical (unpaired) electrons. The van der Waals surface area contributed by atoms with Gasteiger partial charge in [-0.25, -0.2) is 0 Å². The molecule has 41 heavy (non-hydrogen) atoms. The Balaban J connectivity index is 2.33. The van der Waals surface area contributed by atoms with Crippen LogP contribution in [-0.2, 0) is 6.54 Å². The Morgan fingerprint density at radius 1 is 1.00 bits per heavy atom. The van der Waals surface area contributed by atoms with Crippen molar-refractivity contribution in [2.24, 2.45) is 16.5 Å². The van der Waals surface area contributed by atoms with Gasteiger partial charge in [-0.15, -0.1) is 0 Å². The number of aryl methyl sites for hydroxylation is 1. The van der Waals surface area contributed by atoms with Crippen LogP contribution in [0.3, 0.4) is 0 Å². The molecule has 2 rings (SSSR count). The SMILES string of the molecule is C=C/C=C(\C=C/C)C(C(=C)NC(CCCN=C(N)N)C(=C)NCc1ccc(C)cc1)N1CC(/C=C\C)=C(/C=C\C)C1. The van der Waals surface area contributed by atoms with E-state index in [9.17, 15) is 0 Å². The molecule has 6 heteroatoms. The Labute approximate surface area is 248 Å². The van der Waals surface area contributed by atoms with Crippen molar-refractivity contribution in [1.29, 1.82) is 0 Å². The summed E-state index contributed by atoms with van der Waals surface area (Å²) >= 11 is 0. The zero-order chi connectivity index (χ0) is 30.2. The van der Waals surface area contributed by atoms with E-state index in [1.54, 1.807) is 0 Å². The lowest BCUT2D eigenvalue weighted by molar-refractivity contribution is 0.299. The van der Waals surface area contributed by atoms with Crippen LogP contribution in [0.2, 0.25) is 0 Å². The minimum atomic E-state index is -0.0719. The lowest BCUT2D eigenvalue weighted by Crippen LogP contribution is -2.45. The summed E-state index contributed by atoms with van der Waals surface area (Å²) in [5.41, 5.74) is 19.1. The van der Waals surface area contributed by atoms with Crippen molar-refractivity contribution in [1.82, 2.24) is 15.5 Å². The van der Waals surface area contributed by atoms with Crippen molar-refractivity contribution in [3.05, 3.63) is 132 Å². The largest absolute Gasteiger partial charge is 0.383 e. The van der Waals surface area contributed by atoms with Crippen LogP contribution in [0.4, 0.5) is 0 Å². The number of hydrogen-bond donors (Lipinski definition) is 4. The van der Waals surface area contributed by atoms with Crippen LogP contribution in [0.25, 0.3) is 0 Å². The van der Waals surface area contributed by atoms with Crippen molar-refractivity contribution in [3.63, 3.8) is 0 Å². The molecule has 0 aliphatic carbocycles. The van der Waals surface area contributed by atoms with Gasteiger partial charge in [-0.05, 0) is 62.8 Å². The number of nitrogens with two attached hydrogens (primary N) is 2. The molecule has 0 saturated carbocycles. The molecule has 220 valence electrons. The van der Waals surface area contributed by atoms with E-state index in [1.807, 2.05) is 13.0 Å². The first-order chi connectivity index (χ1) is 19.7. The van der Waals surface area contributed by atoms with Crippen LogP contribution in [0.15, 0.2) is 126 Å². The van der Waals surface area contributed by atoms with E-state index in [-0.39, 0.29) is 18.0 Å². The smallest absolute Gasteiger partial charge is 0.185 e. The molecule has 6 nitrogen and oxygen atoms in total. The number of guanidine groups is 1. The molecule has 1 aromatic rings. The Morgan fingerprint density at radius 2 is 1.63 bits per heavy atom. The normalized spacial score (nSPS) is 16.0. The van der Waals surface area contributed by atoms with Crippen LogP contribution in [0, 0.1) is 6.92 Å². The average Bonchev–Trinajstić information content (AvgIpc) is 3.32. The van der Waals surface area contributed by atoms with E-state index in [0.29, 0.717) is 13.1 Å². The van der Waals surface area contributed by atoms with E-state index in [2.05, 4.69) is 128 Å². The van der Waals surface area contributed by atoms with Gasteiger partial charge in [-0.1, -0.05) is 98.2 Å². The third kappa shape index (κ3) is 10.8. The first-order valence-corrected chi connectivity index (χ1v) is 14.4. The fourth-order valence-corrected chi connectivity index (χ4v) is 4.98. The van der Waals surface area contributed by atoms with E-state index >= 15 is 0 Å². The topological polar surface area (TPSA) is 91.7 Å². The highest BCUT2D eigenvalue weighted by Crippen LogP contribution is 2.28. The minimum absolute atomic E-state index is 0.0687. The summed E-state index contributed by atoms with van der Waals surface area (Å²) in [6.45, 7) is 24.1. The first kappa shape index (κ1) is 33.2. The molecule has 0 spiro atoms. The van der Waals surface area contributed by atoms with Crippen molar-refractivity contribution < 1.29 is 0 Å². The summed E-state index contributed by atoms with van der Waals surface area (Å²) in [4.78, 5) is 6.63. The number of nitrogens with zero attached hydrogens (tertiary/aromatic N) is 2. The van der Waals surface area contributed by atoms with Gasteiger partial charge in [0.2, 0.25) is 0 Å². The van der Waals surface area contributed by atoms with E-state index in [4.69, 9.17) is 11.5 Å². The fourth-order valence-electron chi connectivity index (χ4n) is 4.98. The minimum Gasteiger partial charge on any atom is -0.383 e. The standard InChI is InChI=1S/C35H50N6/c1-8-13-30(14-9-2)34(41-24-31(15-10-3)32(25-41)16-11-4)28(7)40-33(17-12-22-38-35(36)37)27(6)39-23-29-20-18-26(5)19-21-29/h8-11,13-16,18-21,33-34,39-40H,1,6-7,12,17,22-25H2,2-5H3,(H4,36,37,38)/b14-9-,15-10-,16-11-,30-13+. The molecule has 1 aliphatic rings. The van der Waals surface area contributed by atoms with Gasteiger partial charge in [-0.2, -0.15) is 0 Å². The van der Waals surface area contributed by atoms with Crippen LogP contribution >= 0.6 is 0 Å². The number of hydrogen-bond acceptors (Lipinski definition) is 4. The third-order valence-corrected chi connectivity index (χ3v) is 6.94. The molecule has 0 saturated heterocycles. The number of aliphatic imine (C=N–C) groups is 1. The predicted molar refractivity (Wildman–Crippen MR) is 178 cm³/mol. The van der Waals surface area contributed by atoms with Gasteiger partial charge in [0.25, 0.3) is 0 Å². The molecule has 2 atom stereocenters. The molecule has 6 N–H and O–H groups in total. The summed E-state index contributed by atoms with van der Waals surface area (Å²) in [5, 5.41) is 7.29. The number of nitrogens with one attached hydrogen (secondary N) is 2. The molecule has 0 aromatic heterocycles. The highest BCUT2D eigenvalue weighted by atomic mass is 15.2. The predicted octanol–water partition coefficient (Wildman–Crippen LogP) is 5.95. The number of rotatable bonds is 17. The first-order valence-electron chi connectivity index (χ1n) is 14.4. The molecule has 0 amide bonds. The molecule has 1 heterocycles. The van der Waals surface area contributed by atoms with Crippen molar-refractivity contribution in [2.75, 3.05) is 19.6 Å². The van der Waals surface area contributed by atoms with E-state index < -0.39 is 0 Å². The van der Waals surface area contributed by atoms with Gasteiger partial charge < -0.3 is 22.1 Å². The fraction of sp³-hybridized carbons (Fsp3) is 0.343. The maximum Gasteiger partial charge on any atom is 0.185 e. The Morgan fingerprint density at radius 3 is 2.17 bits per heavy atom. The molecular weight excluding hydrogens is 504 g/mol. The van der Waals surface area contributed by atoms with Crippen molar-refractivity contribution in [2.45, 2.75) is 59.2 Å². The van der Waals surface area contributed by atoms with Crippen LogP contribution < -0.4 is 22.1 Å². The molecule has 0 bridgehead atoms. The lowest BCUT2D eigenvalue weighted by atomic mass is 9.99. The quantitative estimate of drug-likeness (QED) is 0.0827. The van der Waals surface area contributed by atoms with Crippen LogP contribution in [0.5, 0.6) is 0 Å². The molecule has 1 aromatic carbocycles. The Kier molecular flexibility index (Phi) is 14.3. The highest BCUT2D eigenvalue weighted by molar-refractivity contribution is 5.75. The van der Waals surface area contributed by atoms with E-state index in [1.165, 1.54) is 22.3 Å². The van der Waals surface area contributed by atoms with Gasteiger partial charge >= 0.3 is 0 Å². The molecule has 1 aliphatic heterocycles. The van der Waals surface area contributed by atoms with Crippen molar-refractivity contribution in [3.8, 4) is 0 Å². The van der Waals surface area contributed by atoms with Crippen LogP contribution in [-0.4, -0.2) is 42.6 Å². The monoisotopic (exact) mass is 554 g/mol.